The second-order valence-corrected chi connectivity index (χ2v) is 5.19. The number of hydrazine groups is 1. The molecule has 9 N–H and O–H groups in total. The van der Waals surface area contributed by atoms with E-state index in [1.807, 2.05) is 20.8 Å². The Morgan fingerprint density at radius 1 is 1.27 bits per heavy atom. The van der Waals surface area contributed by atoms with Gasteiger partial charge in [-0.15, -0.1) is 0 Å². The summed E-state index contributed by atoms with van der Waals surface area (Å²) in [6.45, 7) is 7.62. The number of aliphatic carboxylic acids is 1. The summed E-state index contributed by atoms with van der Waals surface area (Å²) in [6.07, 6.45) is 3.04. The van der Waals surface area contributed by atoms with E-state index in [0.717, 1.165) is 18.0 Å². The van der Waals surface area contributed by atoms with Gasteiger partial charge in [-0.25, -0.2) is 5.84 Å². The van der Waals surface area contributed by atoms with E-state index in [-0.39, 0.29) is 37.9 Å². The topological polar surface area (TPSA) is 177 Å². The lowest BCUT2D eigenvalue weighted by molar-refractivity contribution is -0.137. The summed E-state index contributed by atoms with van der Waals surface area (Å²) in [6, 6.07) is -0.368. The standard InChI is InChI=1S/C10H20N4O3.C4H9NO.CH5N.H2S/c1-6(2)10(13-7(3)15)8(11)4-14(12)5-9(16)17;1-2-3-5-4-6;1-2;/h4,6,10H,5,11-12H2,1-3H3,(H,13,15)(H,16,17);4H,2-3H2,1H3,(H,5,6);2H2,1H3;1H2/b8-4-;;;. The Labute approximate surface area is 162 Å². The molecule has 10 nitrogen and oxygen atoms in total. The first-order valence-corrected chi connectivity index (χ1v) is 7.87. The Kier molecular flexibility index (Phi) is 25.7. The van der Waals surface area contributed by atoms with Gasteiger partial charge in [-0.1, -0.05) is 20.8 Å². The van der Waals surface area contributed by atoms with E-state index in [1.165, 1.54) is 20.2 Å². The number of rotatable bonds is 9. The first kappa shape index (κ1) is 31.8. The van der Waals surface area contributed by atoms with Gasteiger partial charge in [-0.3, -0.25) is 14.4 Å². The summed E-state index contributed by atoms with van der Waals surface area (Å²) in [5, 5.41) is 14.7. The van der Waals surface area contributed by atoms with Crippen molar-refractivity contribution in [1.29, 1.82) is 0 Å². The molecule has 11 heteroatoms. The molecule has 0 aliphatic heterocycles. The Bertz CT molecular complexity index is 408. The molecular weight excluding hydrogens is 360 g/mol. The molecule has 0 radical (unpaired) electrons. The molecule has 0 saturated carbocycles. The summed E-state index contributed by atoms with van der Waals surface area (Å²) < 4.78 is 0. The van der Waals surface area contributed by atoms with Crippen molar-refractivity contribution in [3.8, 4) is 0 Å². The average Bonchev–Trinajstić information content (AvgIpc) is 2.51. The van der Waals surface area contributed by atoms with Gasteiger partial charge < -0.3 is 32.2 Å². The van der Waals surface area contributed by atoms with Gasteiger partial charge in [0.15, 0.2) is 0 Å². The van der Waals surface area contributed by atoms with E-state index in [9.17, 15) is 14.4 Å². The number of hydrogen-bond donors (Lipinski definition) is 6. The minimum absolute atomic E-state index is 0. The fourth-order valence-corrected chi connectivity index (χ4v) is 1.53. The molecule has 0 spiro atoms. The van der Waals surface area contributed by atoms with Crippen LogP contribution in [-0.2, 0) is 14.4 Å². The van der Waals surface area contributed by atoms with Crippen molar-refractivity contribution in [2.45, 2.75) is 40.2 Å². The van der Waals surface area contributed by atoms with Crippen molar-refractivity contribution in [2.24, 2.45) is 23.2 Å². The number of carboxylic acids is 1. The number of amides is 2. The number of carbonyl (C=O) groups is 3. The molecule has 0 aliphatic rings. The highest BCUT2D eigenvalue weighted by Crippen LogP contribution is 2.08. The highest BCUT2D eigenvalue weighted by atomic mass is 32.1. The van der Waals surface area contributed by atoms with E-state index >= 15 is 0 Å². The highest BCUT2D eigenvalue weighted by molar-refractivity contribution is 7.59. The monoisotopic (exact) mass is 396 g/mol. The normalized spacial score (nSPS) is 10.7. The lowest BCUT2D eigenvalue weighted by atomic mass is 10.0. The predicted molar refractivity (Wildman–Crippen MR) is 108 cm³/mol. The SMILES string of the molecule is CC(=O)NC(/C(N)=C/N(N)CC(=O)O)C(C)C.CCCNC=O.CN.S. The van der Waals surface area contributed by atoms with Crippen LogP contribution in [0.3, 0.4) is 0 Å². The molecule has 0 aromatic heterocycles. The van der Waals surface area contributed by atoms with Crippen LogP contribution in [0.4, 0.5) is 0 Å². The number of nitrogens with two attached hydrogens (primary N) is 3. The number of carbonyl (C=O) groups excluding carboxylic acids is 2. The molecule has 0 aromatic rings. The third-order valence-electron chi connectivity index (χ3n) is 2.49. The van der Waals surface area contributed by atoms with Crippen LogP contribution in [0.1, 0.15) is 34.1 Å². The Hall–Kier alpha value is -1.98. The van der Waals surface area contributed by atoms with E-state index in [1.54, 1.807) is 0 Å². The molecule has 0 aromatic carbocycles. The summed E-state index contributed by atoms with van der Waals surface area (Å²) in [5.41, 5.74) is 10.6. The van der Waals surface area contributed by atoms with Crippen molar-refractivity contribution >= 4 is 31.8 Å². The molecule has 0 bridgehead atoms. The zero-order valence-electron chi connectivity index (χ0n) is 16.3. The van der Waals surface area contributed by atoms with Crippen molar-refractivity contribution < 1.29 is 19.5 Å². The van der Waals surface area contributed by atoms with Gasteiger partial charge in [0.25, 0.3) is 0 Å². The Morgan fingerprint density at radius 3 is 2.04 bits per heavy atom. The second kappa shape index (κ2) is 21.1. The highest BCUT2D eigenvalue weighted by Gasteiger charge is 2.17. The summed E-state index contributed by atoms with van der Waals surface area (Å²) in [5.74, 6) is 4.24. The third-order valence-corrected chi connectivity index (χ3v) is 2.49. The number of carboxylic acid groups (broad SMARTS) is 1. The molecule has 0 saturated heterocycles. The van der Waals surface area contributed by atoms with Crippen LogP contribution in [0.15, 0.2) is 11.9 Å². The predicted octanol–water partition coefficient (Wildman–Crippen LogP) is -0.962. The van der Waals surface area contributed by atoms with Crippen molar-refractivity contribution in [2.75, 3.05) is 20.1 Å². The molecule has 0 heterocycles. The number of nitrogens with one attached hydrogen (secondary N) is 2. The largest absolute Gasteiger partial charge is 0.480 e. The minimum atomic E-state index is -1.06. The van der Waals surface area contributed by atoms with Crippen molar-refractivity contribution in [3.63, 3.8) is 0 Å². The maximum atomic E-state index is 11.0. The quantitative estimate of drug-likeness (QED) is 0.125. The Balaban J connectivity index is -0.000000228. The van der Waals surface area contributed by atoms with Crippen LogP contribution in [0, 0.1) is 5.92 Å². The first-order chi connectivity index (χ1) is 11.6. The van der Waals surface area contributed by atoms with E-state index < -0.39 is 5.97 Å². The molecule has 1 atom stereocenters. The third kappa shape index (κ3) is 22.0. The van der Waals surface area contributed by atoms with Gasteiger partial charge in [0.2, 0.25) is 12.3 Å². The molecule has 156 valence electrons. The van der Waals surface area contributed by atoms with Gasteiger partial charge >= 0.3 is 5.97 Å². The lowest BCUT2D eigenvalue weighted by Gasteiger charge is -2.23. The van der Waals surface area contributed by atoms with Gasteiger partial charge in [0.05, 0.1) is 6.04 Å². The number of hydrogen-bond acceptors (Lipinski definition) is 7. The molecular formula is C15H36N6O4S. The zero-order chi connectivity index (χ0) is 20.4. The fraction of sp³-hybridized carbons (Fsp3) is 0.667. The molecule has 0 fully saturated rings. The van der Waals surface area contributed by atoms with Crippen LogP contribution >= 0.6 is 13.5 Å². The smallest absolute Gasteiger partial charge is 0.324 e. The second-order valence-electron chi connectivity index (χ2n) is 5.19. The van der Waals surface area contributed by atoms with Crippen LogP contribution in [0.25, 0.3) is 0 Å². The van der Waals surface area contributed by atoms with Crippen molar-refractivity contribution in [3.05, 3.63) is 11.9 Å². The minimum Gasteiger partial charge on any atom is -0.480 e. The van der Waals surface area contributed by atoms with Gasteiger partial charge in [-0.05, 0) is 19.4 Å². The summed E-state index contributed by atoms with van der Waals surface area (Å²) in [4.78, 5) is 30.9. The first-order valence-electron chi connectivity index (χ1n) is 7.87. The molecule has 0 rings (SSSR count). The molecule has 0 aliphatic carbocycles. The van der Waals surface area contributed by atoms with Crippen LogP contribution in [0.5, 0.6) is 0 Å². The molecule has 26 heavy (non-hydrogen) atoms. The zero-order valence-corrected chi connectivity index (χ0v) is 17.3. The average molecular weight is 397 g/mol. The maximum absolute atomic E-state index is 11.0. The molecule has 1 unspecified atom stereocenters. The maximum Gasteiger partial charge on any atom is 0.324 e. The summed E-state index contributed by atoms with van der Waals surface area (Å²) in [7, 11) is 1.50. The number of nitrogens with zero attached hydrogens (tertiary/aromatic N) is 1. The van der Waals surface area contributed by atoms with Crippen LogP contribution in [-0.4, -0.2) is 54.6 Å². The fourth-order valence-electron chi connectivity index (χ4n) is 1.53. The van der Waals surface area contributed by atoms with Gasteiger partial charge in [0, 0.05) is 25.4 Å². The Morgan fingerprint density at radius 2 is 1.77 bits per heavy atom. The van der Waals surface area contributed by atoms with Crippen molar-refractivity contribution in [1.82, 2.24) is 15.6 Å². The van der Waals surface area contributed by atoms with E-state index in [0.29, 0.717) is 12.1 Å². The van der Waals surface area contributed by atoms with Crippen LogP contribution < -0.4 is 27.9 Å². The summed E-state index contributed by atoms with van der Waals surface area (Å²) >= 11 is 0. The lowest BCUT2D eigenvalue weighted by Crippen LogP contribution is -2.43. The molecule has 2 amide bonds. The van der Waals surface area contributed by atoms with Crippen LogP contribution in [0.2, 0.25) is 0 Å². The van der Waals surface area contributed by atoms with E-state index in [4.69, 9.17) is 16.7 Å². The van der Waals surface area contributed by atoms with Gasteiger partial charge in [-0.2, -0.15) is 13.5 Å². The van der Waals surface area contributed by atoms with E-state index in [2.05, 4.69) is 16.4 Å². The van der Waals surface area contributed by atoms with Gasteiger partial charge in [0.1, 0.15) is 6.54 Å².